The van der Waals surface area contributed by atoms with Crippen LogP contribution in [0.3, 0.4) is 0 Å². The van der Waals surface area contributed by atoms with Crippen molar-refractivity contribution in [2.24, 2.45) is 14.1 Å². The van der Waals surface area contributed by atoms with Crippen LogP contribution in [-0.2, 0) is 40.3 Å². The maximum Gasteiger partial charge on any atom is 0.284 e. The van der Waals surface area contributed by atoms with Gasteiger partial charge in [-0.05, 0) is 142 Å². The number of aryl methyl sites for hydroxylation is 7. The molecular formula is C91H84FIN36O6. The number of nitrogens with one attached hydrogen (secondary N) is 4. The second kappa shape index (κ2) is 36.4. The molecule has 0 unspecified atom stereocenters. The molecule has 0 amide bonds. The predicted octanol–water partition coefficient (Wildman–Crippen LogP) is 9.67. The van der Waals surface area contributed by atoms with Gasteiger partial charge in [0.15, 0.2) is 39.4 Å². The molecule has 135 heavy (non-hydrogen) atoms. The summed E-state index contributed by atoms with van der Waals surface area (Å²) in [7, 11) is 6.72. The van der Waals surface area contributed by atoms with E-state index >= 15 is 0 Å². The van der Waals surface area contributed by atoms with E-state index in [4.69, 9.17) is 58.8 Å². The Labute approximate surface area is 776 Å². The Balaban J connectivity index is 0.000000126. The average Bonchev–Trinajstić information content (AvgIpc) is 1.63. The third-order valence-electron chi connectivity index (χ3n) is 22.4. The highest BCUT2D eigenvalue weighted by molar-refractivity contribution is 14.1. The molecule has 14 N–H and O–H groups in total. The quantitative estimate of drug-likeness (QED) is 0.0282. The molecule has 6 aromatic carbocycles. The maximum absolute atomic E-state index is 14.2. The highest BCUT2D eigenvalue weighted by Gasteiger charge is 2.29. The zero-order chi connectivity index (χ0) is 95.4. The van der Waals surface area contributed by atoms with Gasteiger partial charge in [-0.2, -0.15) is 25.5 Å². The Hall–Kier alpha value is -17.6. The number of nitrogens with zero attached hydrogens (tertiary/aromatic N) is 28. The van der Waals surface area contributed by atoms with Gasteiger partial charge in [-0.25, -0.2) is 83.2 Å². The molecule has 678 valence electrons. The Morgan fingerprint density at radius 2 is 0.859 bits per heavy atom. The van der Waals surface area contributed by atoms with E-state index in [1.54, 1.807) is 117 Å². The lowest BCUT2D eigenvalue weighted by Crippen LogP contribution is -2.30. The van der Waals surface area contributed by atoms with Crippen LogP contribution < -0.4 is 55.8 Å². The molecule has 20 aromatic rings. The van der Waals surface area contributed by atoms with Crippen molar-refractivity contribution in [3.63, 3.8) is 0 Å². The molecule has 44 heteroatoms. The van der Waals surface area contributed by atoms with Crippen LogP contribution in [0.1, 0.15) is 76.5 Å². The molecule has 0 spiro atoms. The van der Waals surface area contributed by atoms with E-state index in [-0.39, 0.29) is 117 Å². The molecule has 0 atom stereocenters. The minimum atomic E-state index is -0.651. The molecule has 0 aliphatic rings. The van der Waals surface area contributed by atoms with Crippen molar-refractivity contribution in [3.05, 3.63) is 291 Å². The Morgan fingerprint density at radius 1 is 0.437 bits per heavy atom. The van der Waals surface area contributed by atoms with Crippen molar-refractivity contribution in [1.82, 2.24) is 137 Å². The molecule has 14 aromatic heterocycles. The molecule has 0 saturated carbocycles. The number of phenols is 2. The fraction of sp³-hybridized carbons (Fsp3) is 0.165. The lowest BCUT2D eigenvalue weighted by molar-refractivity contribution is 0.469. The molecule has 0 saturated heterocycles. The highest BCUT2D eigenvalue weighted by Crippen LogP contribution is 2.36. The maximum atomic E-state index is 14.2. The topological polar surface area (TPSA) is 566 Å². The van der Waals surface area contributed by atoms with Gasteiger partial charge in [-0.3, -0.25) is 46.8 Å². The minimum Gasteiger partial charge on any atom is -0.508 e. The summed E-state index contributed by atoms with van der Waals surface area (Å²) in [6, 6.07) is 40.5. The summed E-state index contributed by atoms with van der Waals surface area (Å²) in [4.78, 5) is 111. The number of fused-ring (bicyclic) bond motifs is 6. The van der Waals surface area contributed by atoms with Gasteiger partial charge in [0, 0.05) is 45.4 Å². The number of halogens is 2. The molecule has 0 radical (unpaired) electrons. The summed E-state index contributed by atoms with van der Waals surface area (Å²) < 4.78 is 30.8. The molecular weight excluding hydrogens is 1840 g/mol. The molecule has 0 aliphatic heterocycles. The van der Waals surface area contributed by atoms with Crippen molar-refractivity contribution in [2.75, 3.05) is 47.7 Å². The van der Waals surface area contributed by atoms with E-state index in [0.29, 0.717) is 133 Å². The van der Waals surface area contributed by atoms with E-state index in [0.717, 1.165) is 39.7 Å². The van der Waals surface area contributed by atoms with E-state index in [1.165, 1.54) is 51.3 Å². The molecule has 0 aliphatic carbocycles. The molecule has 0 fully saturated rings. The van der Waals surface area contributed by atoms with Gasteiger partial charge >= 0.3 is 0 Å². The van der Waals surface area contributed by atoms with Crippen LogP contribution in [0.5, 0.6) is 11.5 Å². The number of para-hydroxylation sites is 4. The zero-order valence-corrected chi connectivity index (χ0v) is 76.3. The standard InChI is InChI=1S/C26H24FN9O2.C26H25N9O2.C20H18IN9O.C19H17N9O/c1-13-6-4-5-7-18(13)36-19(33-21(14(2)28)23(30-3)26(36)38)11-35-25-20(24(29)31-12-32-25)22(34-35)15-8-16(27)10-17(37)9-15;1-14-7-4-5-10-18(14)35-19(32-21(15(2)27)23(29-3)26(35)37)12-34-25-20(24(28)30-13-31-25)22(33-34)16-8-6-9-17(36)11-16;1-10-6-4-5-7-12(10)30-13(25-15-11(2)26-28(3)16(15)20(30)31)8-29-19-14(17(21)27-29)18(22)23-9-24-19;1-11-5-3-4-6-13(11)28-14(25-12-7-24-26(2)16(12)19(28)29)8-27-10-23-15-17(20)21-9-22-18(15)27/h4-10,12,28,30,37H,11H2,1-3H3,(H2,29,31,32);4-11,13,27,29,36H,12H2,1-3H3,(H2,28,30,31);4-7,9H,8H2,1-3H3,(H2,22,23,24);3-7,9-10H,8H2,1-2H3,(H2,20,21,22). The van der Waals surface area contributed by atoms with Crippen LogP contribution in [-0.4, -0.2) is 172 Å². The number of benzene rings is 6. The van der Waals surface area contributed by atoms with Crippen LogP contribution in [0.25, 0.3) is 112 Å². The monoisotopic (exact) mass is 1920 g/mol. The summed E-state index contributed by atoms with van der Waals surface area (Å²) in [5.74, 6) is 1.91. The third-order valence-corrected chi connectivity index (χ3v) is 23.1. The summed E-state index contributed by atoms with van der Waals surface area (Å²) in [6.45, 7) is 13.2. The number of aromatic hydroxyl groups is 2. The Morgan fingerprint density at radius 3 is 1.33 bits per heavy atom. The summed E-state index contributed by atoms with van der Waals surface area (Å²) in [5.41, 5.74) is 37.7. The van der Waals surface area contributed by atoms with E-state index in [9.17, 15) is 33.8 Å². The fourth-order valence-electron chi connectivity index (χ4n) is 16.1. The van der Waals surface area contributed by atoms with Crippen LogP contribution in [0, 0.1) is 55.0 Å². The largest absolute Gasteiger partial charge is 0.508 e. The van der Waals surface area contributed by atoms with Crippen molar-refractivity contribution < 1.29 is 14.6 Å². The van der Waals surface area contributed by atoms with Gasteiger partial charge in [0.2, 0.25) is 0 Å². The number of hydrogen-bond donors (Lipinski definition) is 10. The van der Waals surface area contributed by atoms with Gasteiger partial charge in [-0.15, -0.1) is 0 Å². The van der Waals surface area contributed by atoms with Crippen LogP contribution in [0.4, 0.5) is 39.0 Å². The minimum absolute atomic E-state index is 0.0396. The first-order valence-corrected chi connectivity index (χ1v) is 42.7. The van der Waals surface area contributed by atoms with Gasteiger partial charge in [0.25, 0.3) is 22.2 Å². The van der Waals surface area contributed by atoms with Crippen molar-refractivity contribution in [2.45, 2.75) is 74.6 Å². The number of rotatable bonds is 18. The number of anilines is 6. The van der Waals surface area contributed by atoms with Gasteiger partial charge in [0.1, 0.15) is 157 Å². The first-order valence-electron chi connectivity index (χ1n) is 41.6. The number of nitrogen functional groups attached to an aromatic ring is 4. The summed E-state index contributed by atoms with van der Waals surface area (Å²) >= 11 is 2.11. The molecule has 20 rings (SSSR count). The van der Waals surface area contributed by atoms with E-state index in [1.807, 2.05) is 126 Å². The fourth-order valence-corrected chi connectivity index (χ4v) is 16.9. The van der Waals surface area contributed by atoms with E-state index < -0.39 is 5.82 Å². The third kappa shape index (κ3) is 16.7. The second-order valence-corrected chi connectivity index (χ2v) is 32.3. The van der Waals surface area contributed by atoms with Crippen LogP contribution >= 0.6 is 22.6 Å². The molecule has 42 nitrogen and oxygen atoms in total. The van der Waals surface area contributed by atoms with Crippen LogP contribution in [0.2, 0.25) is 0 Å². The van der Waals surface area contributed by atoms with Crippen molar-refractivity contribution in [1.29, 1.82) is 10.8 Å². The lowest BCUT2D eigenvalue weighted by atomic mass is 10.1. The predicted molar refractivity (Wildman–Crippen MR) is 518 cm³/mol. The smallest absolute Gasteiger partial charge is 0.284 e. The molecule has 14 heterocycles. The zero-order valence-electron chi connectivity index (χ0n) is 74.2. The Bertz CT molecular complexity index is 8450. The Kier molecular flexibility index (Phi) is 24.1. The SMILES string of the molecule is CNc1c(C(C)=N)nc(Cn2nc(-c3cc(O)cc(F)c3)c3c(N)ncnc32)n(-c2ccccc2C)c1=O.CNc1c(C(C)=N)nc(Cn2nc(-c3cccc(O)c3)c3c(N)ncnc32)n(-c2ccccc2C)c1=O.Cc1ccccc1-n1c(Cn2cnc3c(N)ncnc32)nc2cnn(C)c2c1=O.Cc1ccccc1-n1c(Cn2nc(I)c3c(N)ncnc32)nc2c(C)nn(C)c2c1=O. The van der Waals surface area contributed by atoms with Crippen LogP contribution in [0.15, 0.2) is 197 Å². The number of imidazole rings is 1. The van der Waals surface area contributed by atoms with Crippen molar-refractivity contribution in [3.8, 4) is 56.8 Å². The van der Waals surface area contributed by atoms with E-state index in [2.05, 4.69) is 98.5 Å². The lowest BCUT2D eigenvalue weighted by Gasteiger charge is -2.18. The number of nitrogens with two attached hydrogens (primary N) is 4. The summed E-state index contributed by atoms with van der Waals surface area (Å²) in [6.07, 6.45) is 8.64. The normalized spacial score (nSPS) is 11.3. The number of aromatic nitrogens is 28. The first kappa shape index (κ1) is 89.4. The highest BCUT2D eigenvalue weighted by atomic mass is 127. The first-order chi connectivity index (χ1) is 64.9. The van der Waals surface area contributed by atoms with Gasteiger partial charge in [0.05, 0.1) is 75.1 Å². The van der Waals surface area contributed by atoms with Crippen molar-refractivity contribution >= 4 is 135 Å². The van der Waals surface area contributed by atoms with Gasteiger partial charge < -0.3 is 59.2 Å². The number of phenolic OH excluding ortho intramolecular Hbond substituents is 2. The second-order valence-electron chi connectivity index (χ2n) is 31.3. The summed E-state index contributed by atoms with van der Waals surface area (Å²) in [5, 5.41) is 66.4. The number of hydrogen-bond acceptors (Lipinski definition) is 32. The molecule has 0 bridgehead atoms. The average molecular weight is 1920 g/mol. The van der Waals surface area contributed by atoms with Gasteiger partial charge in [-0.1, -0.05) is 84.9 Å².